The number of aromatic carboxylic acids is 1. The molecule has 10 heteroatoms. The smallest absolute Gasteiger partial charge is 0.353 e. The van der Waals surface area contributed by atoms with E-state index in [1.165, 1.54) is 18.3 Å². The van der Waals surface area contributed by atoms with Gasteiger partial charge in [0.15, 0.2) is 5.82 Å². The normalized spacial score (nSPS) is 9.67. The molecule has 0 radical (unpaired) electrons. The minimum atomic E-state index is -1.16. The van der Waals surface area contributed by atoms with E-state index in [-0.39, 0.29) is 28.1 Å². The number of H-pyrrole nitrogens is 1. The molecule has 0 aliphatic carbocycles. The van der Waals surface area contributed by atoms with Crippen molar-refractivity contribution in [3.05, 3.63) is 76.7 Å². The molecule has 0 fully saturated rings. The monoisotopic (exact) mass is 387 g/mol. The summed E-state index contributed by atoms with van der Waals surface area (Å²) in [5.74, 6) is -1.97. The van der Waals surface area contributed by atoms with Gasteiger partial charge in [-0.2, -0.15) is 5.10 Å². The SMILES string of the molecule is NC(=O)c1ccccc1.O=C(O)c1cc(NC(=O)c2cccnc2Cl)n[nH]1. The maximum atomic E-state index is 11.8. The highest BCUT2D eigenvalue weighted by atomic mass is 35.5. The van der Waals surface area contributed by atoms with E-state index in [0.29, 0.717) is 5.56 Å². The molecule has 0 unspecified atom stereocenters. The average Bonchev–Trinajstić information content (AvgIpc) is 3.12. The van der Waals surface area contributed by atoms with Crippen LogP contribution >= 0.6 is 11.6 Å². The number of hydrogen-bond donors (Lipinski definition) is 4. The van der Waals surface area contributed by atoms with Gasteiger partial charge >= 0.3 is 5.97 Å². The molecular weight excluding hydrogens is 374 g/mol. The van der Waals surface area contributed by atoms with Gasteiger partial charge < -0.3 is 16.2 Å². The predicted octanol–water partition coefficient (Wildman–Crippen LogP) is 2.19. The van der Waals surface area contributed by atoms with Crippen molar-refractivity contribution in [2.45, 2.75) is 0 Å². The lowest BCUT2D eigenvalue weighted by molar-refractivity contribution is 0.0690. The number of nitrogens with zero attached hydrogens (tertiary/aromatic N) is 2. The number of pyridine rings is 1. The standard InChI is InChI=1S/C10H7ClN4O3.C7H7NO/c11-8-5(2-1-3-12-8)9(16)13-7-4-6(10(17)18)14-15-7;8-7(9)6-4-2-1-3-5-6/h1-4H,(H,17,18)(H2,13,14,15,16);1-5H,(H2,8,9). The Morgan fingerprint density at radius 3 is 2.33 bits per heavy atom. The van der Waals surface area contributed by atoms with Gasteiger partial charge in [0.25, 0.3) is 5.91 Å². The molecule has 0 saturated carbocycles. The Bertz CT molecular complexity index is 959. The van der Waals surface area contributed by atoms with Gasteiger partial charge in [0.1, 0.15) is 10.8 Å². The molecule has 3 rings (SSSR count). The predicted molar refractivity (Wildman–Crippen MR) is 97.7 cm³/mol. The lowest BCUT2D eigenvalue weighted by Crippen LogP contribution is -2.13. The largest absolute Gasteiger partial charge is 0.477 e. The summed E-state index contributed by atoms with van der Waals surface area (Å²) >= 11 is 5.75. The maximum absolute atomic E-state index is 11.8. The van der Waals surface area contributed by atoms with Gasteiger partial charge in [0.2, 0.25) is 5.91 Å². The number of benzene rings is 1. The molecule has 2 heterocycles. The van der Waals surface area contributed by atoms with Crippen LogP contribution < -0.4 is 11.1 Å². The Hall–Kier alpha value is -3.72. The quantitative estimate of drug-likeness (QED) is 0.503. The number of carboxylic acids is 1. The van der Waals surface area contributed by atoms with Crippen molar-refractivity contribution in [2.24, 2.45) is 5.73 Å². The first-order valence-electron chi connectivity index (χ1n) is 7.44. The zero-order chi connectivity index (χ0) is 19.8. The molecule has 3 aromatic rings. The van der Waals surface area contributed by atoms with Crippen LogP contribution in [0.15, 0.2) is 54.7 Å². The number of primary amides is 1. The lowest BCUT2D eigenvalue weighted by atomic mass is 10.2. The van der Waals surface area contributed by atoms with Crippen molar-refractivity contribution in [2.75, 3.05) is 5.32 Å². The molecular formula is C17H14ClN5O4. The number of nitrogens with one attached hydrogen (secondary N) is 2. The molecule has 0 bridgehead atoms. The molecule has 5 N–H and O–H groups in total. The van der Waals surface area contributed by atoms with Crippen LogP contribution in [0.3, 0.4) is 0 Å². The van der Waals surface area contributed by atoms with E-state index in [2.05, 4.69) is 20.5 Å². The number of halogens is 1. The number of carbonyl (C=O) groups excluding carboxylic acids is 2. The number of anilines is 1. The number of carbonyl (C=O) groups is 3. The summed E-state index contributed by atoms with van der Waals surface area (Å²) < 4.78 is 0. The fourth-order valence-corrected chi connectivity index (χ4v) is 2.04. The van der Waals surface area contributed by atoms with Crippen LogP contribution in [0.5, 0.6) is 0 Å². The minimum absolute atomic E-state index is 0.0593. The number of carboxylic acid groups (broad SMARTS) is 1. The molecule has 0 aliphatic rings. The van der Waals surface area contributed by atoms with Crippen LogP contribution in [0.4, 0.5) is 5.82 Å². The molecule has 0 saturated heterocycles. The van der Waals surface area contributed by atoms with Gasteiger partial charge in [0, 0.05) is 17.8 Å². The average molecular weight is 388 g/mol. The van der Waals surface area contributed by atoms with E-state index in [1.54, 1.807) is 30.3 Å². The Kier molecular flexibility index (Phi) is 6.61. The summed E-state index contributed by atoms with van der Waals surface area (Å²) in [4.78, 5) is 36.6. The Labute approximate surface area is 158 Å². The highest BCUT2D eigenvalue weighted by Crippen LogP contribution is 2.14. The highest BCUT2D eigenvalue weighted by Gasteiger charge is 2.14. The van der Waals surface area contributed by atoms with Crippen molar-refractivity contribution in [3.8, 4) is 0 Å². The number of aromatic amines is 1. The molecule has 0 spiro atoms. The van der Waals surface area contributed by atoms with Gasteiger partial charge in [-0.3, -0.25) is 14.7 Å². The van der Waals surface area contributed by atoms with E-state index >= 15 is 0 Å². The fourth-order valence-electron chi connectivity index (χ4n) is 1.84. The van der Waals surface area contributed by atoms with Crippen molar-refractivity contribution in [1.82, 2.24) is 15.2 Å². The first kappa shape index (κ1) is 19.6. The number of hydrogen-bond acceptors (Lipinski definition) is 5. The third-order valence-corrected chi connectivity index (χ3v) is 3.41. The second-order valence-electron chi connectivity index (χ2n) is 5.00. The van der Waals surface area contributed by atoms with Gasteiger partial charge in [-0.25, -0.2) is 9.78 Å². The molecule has 138 valence electrons. The second-order valence-corrected chi connectivity index (χ2v) is 5.36. The van der Waals surface area contributed by atoms with Gasteiger partial charge in [-0.1, -0.05) is 29.8 Å². The van der Waals surface area contributed by atoms with Gasteiger partial charge in [-0.05, 0) is 24.3 Å². The van der Waals surface area contributed by atoms with Crippen LogP contribution in [0, 0.1) is 0 Å². The van der Waals surface area contributed by atoms with E-state index in [4.69, 9.17) is 22.4 Å². The van der Waals surface area contributed by atoms with Crippen molar-refractivity contribution >= 4 is 35.2 Å². The van der Waals surface area contributed by atoms with Crippen molar-refractivity contribution < 1.29 is 19.5 Å². The van der Waals surface area contributed by atoms with E-state index in [0.717, 1.165) is 0 Å². The minimum Gasteiger partial charge on any atom is -0.477 e. The van der Waals surface area contributed by atoms with Crippen molar-refractivity contribution in [3.63, 3.8) is 0 Å². The first-order valence-corrected chi connectivity index (χ1v) is 7.81. The van der Waals surface area contributed by atoms with Crippen LogP contribution in [-0.4, -0.2) is 38.1 Å². The summed E-state index contributed by atoms with van der Waals surface area (Å²) in [6.07, 6.45) is 1.45. The van der Waals surface area contributed by atoms with Crippen molar-refractivity contribution in [1.29, 1.82) is 0 Å². The Morgan fingerprint density at radius 2 is 1.81 bits per heavy atom. The first-order chi connectivity index (χ1) is 12.9. The second kappa shape index (κ2) is 9.11. The topological polar surface area (TPSA) is 151 Å². The number of aromatic nitrogens is 3. The zero-order valence-corrected chi connectivity index (χ0v) is 14.5. The third kappa shape index (κ3) is 5.65. The third-order valence-electron chi connectivity index (χ3n) is 3.11. The van der Waals surface area contributed by atoms with Gasteiger partial charge in [-0.15, -0.1) is 0 Å². The number of amides is 2. The van der Waals surface area contributed by atoms with E-state index < -0.39 is 11.9 Å². The van der Waals surface area contributed by atoms with Crippen LogP contribution in [0.1, 0.15) is 31.2 Å². The Morgan fingerprint density at radius 1 is 1.11 bits per heavy atom. The molecule has 0 atom stereocenters. The van der Waals surface area contributed by atoms with E-state index in [9.17, 15) is 14.4 Å². The van der Waals surface area contributed by atoms with Crippen LogP contribution in [0.2, 0.25) is 5.15 Å². The molecule has 9 nitrogen and oxygen atoms in total. The van der Waals surface area contributed by atoms with Crippen LogP contribution in [0.25, 0.3) is 0 Å². The molecule has 0 aliphatic heterocycles. The fraction of sp³-hybridized carbons (Fsp3) is 0. The molecule has 27 heavy (non-hydrogen) atoms. The lowest BCUT2D eigenvalue weighted by Gasteiger charge is -2.02. The number of nitrogens with two attached hydrogens (primary N) is 1. The highest BCUT2D eigenvalue weighted by molar-refractivity contribution is 6.33. The zero-order valence-electron chi connectivity index (χ0n) is 13.7. The molecule has 1 aromatic carbocycles. The van der Waals surface area contributed by atoms with Gasteiger partial charge in [0.05, 0.1) is 5.56 Å². The van der Waals surface area contributed by atoms with E-state index in [1.807, 2.05) is 6.07 Å². The summed E-state index contributed by atoms with van der Waals surface area (Å²) in [5.41, 5.74) is 5.59. The summed E-state index contributed by atoms with van der Waals surface area (Å²) in [7, 11) is 0. The summed E-state index contributed by atoms with van der Waals surface area (Å²) in [6.45, 7) is 0. The summed E-state index contributed by atoms with van der Waals surface area (Å²) in [5, 5.41) is 17.0. The summed E-state index contributed by atoms with van der Waals surface area (Å²) in [6, 6.07) is 13.0. The Balaban J connectivity index is 0.000000244. The van der Waals surface area contributed by atoms with Crippen LogP contribution in [-0.2, 0) is 0 Å². The number of rotatable bonds is 4. The molecule has 2 aromatic heterocycles. The molecule has 2 amide bonds. The maximum Gasteiger partial charge on any atom is 0.353 e.